The van der Waals surface area contributed by atoms with E-state index in [1.54, 1.807) is 72.8 Å². The van der Waals surface area contributed by atoms with Crippen LogP contribution in [-0.2, 0) is 0 Å². The Balaban J connectivity index is 1.47. The number of hydrogen-bond donors (Lipinski definition) is 1. The zero-order valence-corrected chi connectivity index (χ0v) is 21.1. The minimum absolute atomic E-state index is 0.228. The molecule has 0 saturated carbocycles. The quantitative estimate of drug-likeness (QED) is 0.146. The maximum absolute atomic E-state index is 12.6. The average molecular weight is 490 g/mol. The summed E-state index contributed by atoms with van der Waals surface area (Å²) in [6.07, 6.45) is 6.59. The molecular formula is C30H35NO5. The second-order valence-corrected chi connectivity index (χ2v) is 8.53. The van der Waals surface area contributed by atoms with Gasteiger partial charge in [0.1, 0.15) is 17.2 Å². The predicted octanol–water partition coefficient (Wildman–Crippen LogP) is 7.30. The zero-order chi connectivity index (χ0) is 25.6. The van der Waals surface area contributed by atoms with Crippen molar-refractivity contribution in [2.45, 2.75) is 52.4 Å². The first-order valence-corrected chi connectivity index (χ1v) is 12.7. The highest BCUT2D eigenvalue weighted by atomic mass is 16.5. The third kappa shape index (κ3) is 8.77. The van der Waals surface area contributed by atoms with Crippen LogP contribution in [0.3, 0.4) is 0 Å². The van der Waals surface area contributed by atoms with Crippen molar-refractivity contribution >= 4 is 17.6 Å². The Morgan fingerprint density at radius 1 is 0.611 bits per heavy atom. The molecule has 3 aromatic carbocycles. The summed E-state index contributed by atoms with van der Waals surface area (Å²) in [5.41, 5.74) is 1.57. The van der Waals surface area contributed by atoms with Crippen LogP contribution in [0.4, 0.5) is 5.69 Å². The van der Waals surface area contributed by atoms with Crippen LogP contribution in [0.15, 0.2) is 72.8 Å². The van der Waals surface area contributed by atoms with Crippen LogP contribution in [0.1, 0.15) is 73.1 Å². The highest BCUT2D eigenvalue weighted by molar-refractivity contribution is 6.04. The Bertz CT molecular complexity index is 987. The number of amides is 1. The van der Waals surface area contributed by atoms with Gasteiger partial charge in [-0.1, -0.05) is 39.5 Å². The molecule has 6 heteroatoms. The van der Waals surface area contributed by atoms with Crippen LogP contribution >= 0.6 is 0 Å². The Hall–Kier alpha value is -3.80. The van der Waals surface area contributed by atoms with Gasteiger partial charge in [0.05, 0.1) is 18.8 Å². The van der Waals surface area contributed by atoms with Gasteiger partial charge in [-0.25, -0.2) is 4.79 Å². The summed E-state index contributed by atoms with van der Waals surface area (Å²) in [6, 6.07) is 20.7. The first kappa shape index (κ1) is 26.8. The maximum Gasteiger partial charge on any atom is 0.343 e. The molecule has 0 atom stereocenters. The SMILES string of the molecule is CCCCCOc1ccc(C(=O)Nc2ccc(OC(=O)c3ccc(OCCCCC)cc3)cc2)cc1. The second kappa shape index (κ2) is 14.6. The van der Waals surface area contributed by atoms with Crippen LogP contribution in [0, 0.1) is 0 Å². The number of benzene rings is 3. The Kier molecular flexibility index (Phi) is 10.8. The molecule has 0 heterocycles. The van der Waals surface area contributed by atoms with Gasteiger partial charge in [-0.2, -0.15) is 0 Å². The molecule has 0 radical (unpaired) electrons. The van der Waals surface area contributed by atoms with Gasteiger partial charge in [0.25, 0.3) is 5.91 Å². The van der Waals surface area contributed by atoms with Crippen molar-refractivity contribution in [3.63, 3.8) is 0 Å². The molecule has 0 spiro atoms. The number of ether oxygens (including phenoxy) is 3. The molecule has 0 bridgehead atoms. The van der Waals surface area contributed by atoms with E-state index in [0.29, 0.717) is 35.8 Å². The summed E-state index contributed by atoms with van der Waals surface area (Å²) < 4.78 is 16.8. The predicted molar refractivity (Wildman–Crippen MR) is 142 cm³/mol. The lowest BCUT2D eigenvalue weighted by molar-refractivity contribution is 0.0734. The molecule has 3 rings (SSSR count). The Morgan fingerprint density at radius 3 is 1.58 bits per heavy atom. The third-order valence-corrected chi connectivity index (χ3v) is 5.56. The lowest BCUT2D eigenvalue weighted by Gasteiger charge is -2.09. The van der Waals surface area contributed by atoms with Gasteiger partial charge < -0.3 is 19.5 Å². The van der Waals surface area contributed by atoms with Crippen molar-refractivity contribution in [1.82, 2.24) is 0 Å². The van der Waals surface area contributed by atoms with Crippen molar-refractivity contribution in [3.8, 4) is 17.2 Å². The van der Waals surface area contributed by atoms with Gasteiger partial charge >= 0.3 is 5.97 Å². The standard InChI is InChI=1S/C30H35NO5/c1-3-5-7-21-34-26-15-9-23(10-16-26)29(32)31-25-13-19-28(20-14-25)36-30(33)24-11-17-27(18-12-24)35-22-8-6-4-2/h9-20H,3-8,21-22H2,1-2H3,(H,31,32). The van der Waals surface area contributed by atoms with E-state index in [1.165, 1.54) is 0 Å². The Morgan fingerprint density at radius 2 is 1.08 bits per heavy atom. The van der Waals surface area contributed by atoms with E-state index in [1.807, 2.05) is 0 Å². The molecule has 1 N–H and O–H groups in total. The van der Waals surface area contributed by atoms with E-state index in [-0.39, 0.29) is 5.91 Å². The highest BCUT2D eigenvalue weighted by Crippen LogP contribution is 2.20. The van der Waals surface area contributed by atoms with E-state index >= 15 is 0 Å². The van der Waals surface area contributed by atoms with Crippen molar-refractivity contribution < 1.29 is 23.8 Å². The van der Waals surface area contributed by atoms with Gasteiger partial charge in [0.15, 0.2) is 0 Å². The molecule has 36 heavy (non-hydrogen) atoms. The lowest BCUT2D eigenvalue weighted by atomic mass is 10.2. The van der Waals surface area contributed by atoms with Gasteiger partial charge in [0, 0.05) is 11.3 Å². The largest absolute Gasteiger partial charge is 0.494 e. The summed E-state index contributed by atoms with van der Waals surface area (Å²) in [5, 5.41) is 2.85. The summed E-state index contributed by atoms with van der Waals surface area (Å²) in [6.45, 7) is 5.64. The van der Waals surface area contributed by atoms with Crippen LogP contribution in [-0.4, -0.2) is 25.1 Å². The summed E-state index contributed by atoms with van der Waals surface area (Å²) in [5.74, 6) is 1.19. The van der Waals surface area contributed by atoms with Crippen LogP contribution < -0.4 is 19.5 Å². The van der Waals surface area contributed by atoms with Gasteiger partial charge in [-0.05, 0) is 85.6 Å². The maximum atomic E-state index is 12.6. The van der Waals surface area contributed by atoms with Crippen LogP contribution in [0.2, 0.25) is 0 Å². The number of nitrogens with one attached hydrogen (secondary N) is 1. The molecule has 0 aliphatic heterocycles. The molecule has 6 nitrogen and oxygen atoms in total. The zero-order valence-electron chi connectivity index (χ0n) is 21.1. The smallest absolute Gasteiger partial charge is 0.343 e. The van der Waals surface area contributed by atoms with Crippen molar-refractivity contribution in [2.75, 3.05) is 18.5 Å². The van der Waals surface area contributed by atoms with E-state index in [2.05, 4.69) is 19.2 Å². The molecular weight excluding hydrogens is 454 g/mol. The fourth-order valence-corrected chi connectivity index (χ4v) is 3.45. The molecule has 0 aromatic heterocycles. The van der Waals surface area contributed by atoms with Crippen LogP contribution in [0.25, 0.3) is 0 Å². The van der Waals surface area contributed by atoms with Crippen molar-refractivity contribution in [2.24, 2.45) is 0 Å². The molecule has 0 aliphatic carbocycles. The number of hydrogen-bond acceptors (Lipinski definition) is 5. The van der Waals surface area contributed by atoms with E-state index < -0.39 is 5.97 Å². The number of unbranched alkanes of at least 4 members (excludes halogenated alkanes) is 4. The van der Waals surface area contributed by atoms with E-state index in [4.69, 9.17) is 14.2 Å². The number of carbonyl (C=O) groups is 2. The van der Waals surface area contributed by atoms with E-state index in [0.717, 1.165) is 50.0 Å². The van der Waals surface area contributed by atoms with Gasteiger partial charge in [0.2, 0.25) is 0 Å². The fraction of sp³-hybridized carbons (Fsp3) is 0.333. The third-order valence-electron chi connectivity index (χ3n) is 5.56. The number of anilines is 1. The van der Waals surface area contributed by atoms with Crippen molar-refractivity contribution in [1.29, 1.82) is 0 Å². The minimum Gasteiger partial charge on any atom is -0.494 e. The average Bonchev–Trinajstić information content (AvgIpc) is 2.91. The Labute approximate surface area is 213 Å². The molecule has 0 fully saturated rings. The molecule has 0 saturated heterocycles. The van der Waals surface area contributed by atoms with Gasteiger partial charge in [-0.3, -0.25) is 4.79 Å². The first-order valence-electron chi connectivity index (χ1n) is 12.7. The summed E-state index contributed by atoms with van der Waals surface area (Å²) >= 11 is 0. The molecule has 3 aromatic rings. The molecule has 1 amide bonds. The first-order chi connectivity index (χ1) is 17.6. The van der Waals surface area contributed by atoms with E-state index in [9.17, 15) is 9.59 Å². The normalized spacial score (nSPS) is 10.5. The minimum atomic E-state index is -0.457. The number of rotatable bonds is 14. The topological polar surface area (TPSA) is 73.9 Å². The summed E-state index contributed by atoms with van der Waals surface area (Å²) in [7, 11) is 0. The highest BCUT2D eigenvalue weighted by Gasteiger charge is 2.10. The molecule has 0 aliphatic rings. The molecule has 190 valence electrons. The summed E-state index contributed by atoms with van der Waals surface area (Å²) in [4.78, 5) is 25.0. The van der Waals surface area contributed by atoms with Crippen molar-refractivity contribution in [3.05, 3.63) is 83.9 Å². The monoisotopic (exact) mass is 489 g/mol. The second-order valence-electron chi connectivity index (χ2n) is 8.53. The number of carbonyl (C=O) groups excluding carboxylic acids is 2. The molecule has 0 unspecified atom stereocenters. The fourth-order valence-electron chi connectivity index (χ4n) is 3.45. The van der Waals surface area contributed by atoms with Gasteiger partial charge in [-0.15, -0.1) is 0 Å². The lowest BCUT2D eigenvalue weighted by Crippen LogP contribution is -2.12. The van der Waals surface area contributed by atoms with Crippen LogP contribution in [0.5, 0.6) is 17.2 Å². The number of esters is 1.